The molecule has 1 aliphatic rings. The zero-order chi connectivity index (χ0) is 17.1. The molecule has 1 fully saturated rings. The van der Waals surface area contributed by atoms with Crippen molar-refractivity contribution in [3.63, 3.8) is 0 Å². The maximum atomic E-state index is 13.1. The van der Waals surface area contributed by atoms with Crippen molar-refractivity contribution in [2.24, 2.45) is 5.92 Å². The number of benzene rings is 1. The Bertz CT molecular complexity index is 712. The molecule has 0 aliphatic carbocycles. The fraction of sp³-hybridized carbons (Fsp3) is 0.474. The molecule has 0 saturated carbocycles. The van der Waals surface area contributed by atoms with Crippen molar-refractivity contribution in [1.29, 1.82) is 0 Å². The molecule has 1 unspecified atom stereocenters. The molecule has 5 nitrogen and oxygen atoms in total. The summed E-state index contributed by atoms with van der Waals surface area (Å²) in [5, 5.41) is 7.84. The van der Waals surface area contributed by atoms with Gasteiger partial charge in [-0.1, -0.05) is 18.2 Å². The van der Waals surface area contributed by atoms with Gasteiger partial charge in [0.2, 0.25) is 0 Å². The van der Waals surface area contributed by atoms with E-state index < -0.39 is 0 Å². The molecule has 1 aliphatic heterocycles. The molecule has 2 aromatic rings. The summed E-state index contributed by atoms with van der Waals surface area (Å²) < 4.78 is 1.87. The third-order valence-corrected chi connectivity index (χ3v) is 4.80. The van der Waals surface area contributed by atoms with E-state index in [1.54, 1.807) is 0 Å². The van der Waals surface area contributed by atoms with E-state index >= 15 is 0 Å². The normalized spacial score (nSPS) is 17.2. The molecule has 25 heavy (non-hydrogen) atoms. The van der Waals surface area contributed by atoms with Crippen molar-refractivity contribution >= 4 is 18.3 Å². The van der Waals surface area contributed by atoms with Gasteiger partial charge in [-0.2, -0.15) is 5.10 Å². The summed E-state index contributed by atoms with van der Waals surface area (Å²) in [6, 6.07) is 9.98. The van der Waals surface area contributed by atoms with E-state index in [9.17, 15) is 4.79 Å². The molecule has 136 valence electrons. The van der Waals surface area contributed by atoms with E-state index in [1.807, 2.05) is 60.8 Å². The molecule has 1 saturated heterocycles. The van der Waals surface area contributed by atoms with Crippen molar-refractivity contribution in [2.75, 3.05) is 26.7 Å². The first kappa shape index (κ1) is 19.5. The standard InChI is InChI=1S/C19H26N4O.ClH/c1-14-18(15(2)23(21-14)17-9-5-4-6-10-17)19(24)22-11-7-8-16(13-22)12-20-3;/h4-6,9-10,16,20H,7-8,11-13H2,1-3H3;1H. The Morgan fingerprint density at radius 3 is 2.68 bits per heavy atom. The molecular formula is C19H27ClN4O. The van der Waals surface area contributed by atoms with Crippen LogP contribution in [0, 0.1) is 19.8 Å². The highest BCUT2D eigenvalue weighted by Gasteiger charge is 2.28. The van der Waals surface area contributed by atoms with Crippen LogP contribution in [0.1, 0.15) is 34.6 Å². The molecule has 1 aromatic heterocycles. The number of piperidine rings is 1. The van der Waals surface area contributed by atoms with Gasteiger partial charge in [-0.05, 0) is 58.3 Å². The van der Waals surface area contributed by atoms with Crippen molar-refractivity contribution < 1.29 is 4.79 Å². The van der Waals surface area contributed by atoms with E-state index in [4.69, 9.17) is 0 Å². The number of halogens is 1. The SMILES string of the molecule is CNCC1CCCN(C(=O)c2c(C)nn(-c3ccccc3)c2C)C1.Cl. The first-order valence-electron chi connectivity index (χ1n) is 8.67. The summed E-state index contributed by atoms with van der Waals surface area (Å²) >= 11 is 0. The Hall–Kier alpha value is -1.85. The van der Waals surface area contributed by atoms with Crippen LogP contribution in [-0.4, -0.2) is 47.3 Å². The Morgan fingerprint density at radius 1 is 1.28 bits per heavy atom. The molecule has 6 heteroatoms. The fourth-order valence-corrected chi connectivity index (χ4v) is 3.64. The van der Waals surface area contributed by atoms with Crippen LogP contribution >= 0.6 is 12.4 Å². The minimum absolute atomic E-state index is 0. The molecule has 2 heterocycles. The highest BCUT2D eigenvalue weighted by molar-refractivity contribution is 5.96. The van der Waals surface area contributed by atoms with Crippen molar-refractivity contribution in [2.45, 2.75) is 26.7 Å². The van der Waals surface area contributed by atoms with E-state index in [-0.39, 0.29) is 18.3 Å². The van der Waals surface area contributed by atoms with Crippen LogP contribution in [0.5, 0.6) is 0 Å². The summed E-state index contributed by atoms with van der Waals surface area (Å²) in [5.41, 5.74) is 3.46. The molecule has 1 atom stereocenters. The van der Waals surface area contributed by atoms with Gasteiger partial charge in [-0.15, -0.1) is 12.4 Å². The van der Waals surface area contributed by atoms with Crippen molar-refractivity contribution in [3.05, 3.63) is 47.3 Å². The summed E-state index contributed by atoms with van der Waals surface area (Å²) in [6.45, 7) is 6.54. The number of para-hydroxylation sites is 1. The molecule has 0 radical (unpaired) electrons. The Kier molecular flexibility index (Phi) is 6.62. The van der Waals surface area contributed by atoms with Crippen molar-refractivity contribution in [1.82, 2.24) is 20.0 Å². The third kappa shape index (κ3) is 4.05. The van der Waals surface area contributed by atoms with Gasteiger partial charge in [0.15, 0.2) is 0 Å². The van der Waals surface area contributed by atoms with Crippen LogP contribution in [0.15, 0.2) is 30.3 Å². The maximum Gasteiger partial charge on any atom is 0.257 e. The number of hydrogen-bond acceptors (Lipinski definition) is 3. The highest BCUT2D eigenvalue weighted by atomic mass is 35.5. The zero-order valence-corrected chi connectivity index (χ0v) is 16.0. The van der Waals surface area contributed by atoms with Crippen LogP contribution in [0.2, 0.25) is 0 Å². The molecule has 3 rings (SSSR count). The number of nitrogens with one attached hydrogen (secondary N) is 1. The Labute approximate surface area is 155 Å². The fourth-order valence-electron chi connectivity index (χ4n) is 3.64. The molecule has 0 bridgehead atoms. The van der Waals surface area contributed by atoms with Gasteiger partial charge in [0.25, 0.3) is 5.91 Å². The third-order valence-electron chi connectivity index (χ3n) is 4.80. The second-order valence-corrected chi connectivity index (χ2v) is 6.61. The molecule has 0 spiro atoms. The van der Waals surface area contributed by atoms with Crippen LogP contribution in [0.4, 0.5) is 0 Å². The number of carbonyl (C=O) groups excluding carboxylic acids is 1. The number of carbonyl (C=O) groups is 1. The average molecular weight is 363 g/mol. The van der Waals surface area contributed by atoms with Gasteiger partial charge in [0.05, 0.1) is 22.6 Å². The van der Waals surface area contributed by atoms with E-state index in [0.717, 1.165) is 48.7 Å². The summed E-state index contributed by atoms with van der Waals surface area (Å²) in [6.07, 6.45) is 2.26. The minimum Gasteiger partial charge on any atom is -0.338 e. The van der Waals surface area contributed by atoms with E-state index in [2.05, 4.69) is 10.4 Å². The number of likely N-dealkylation sites (tertiary alicyclic amines) is 1. The molecule has 1 aromatic carbocycles. The topological polar surface area (TPSA) is 50.2 Å². The number of nitrogens with zero attached hydrogens (tertiary/aromatic N) is 3. The van der Waals surface area contributed by atoms with Crippen LogP contribution < -0.4 is 5.32 Å². The highest BCUT2D eigenvalue weighted by Crippen LogP contribution is 2.23. The van der Waals surface area contributed by atoms with Gasteiger partial charge in [-0.25, -0.2) is 4.68 Å². The summed E-state index contributed by atoms with van der Waals surface area (Å²) in [5.74, 6) is 0.658. The van der Waals surface area contributed by atoms with E-state index in [1.165, 1.54) is 6.42 Å². The average Bonchev–Trinajstić information content (AvgIpc) is 2.90. The zero-order valence-electron chi connectivity index (χ0n) is 15.2. The quantitative estimate of drug-likeness (QED) is 0.909. The summed E-state index contributed by atoms with van der Waals surface area (Å²) in [4.78, 5) is 15.1. The number of amides is 1. The van der Waals surface area contributed by atoms with Crippen molar-refractivity contribution in [3.8, 4) is 5.69 Å². The lowest BCUT2D eigenvalue weighted by atomic mass is 9.97. The smallest absolute Gasteiger partial charge is 0.257 e. The molecule has 1 amide bonds. The lowest BCUT2D eigenvalue weighted by molar-refractivity contribution is 0.0672. The Morgan fingerprint density at radius 2 is 2.00 bits per heavy atom. The minimum atomic E-state index is 0. The lowest BCUT2D eigenvalue weighted by Gasteiger charge is -2.32. The maximum absolute atomic E-state index is 13.1. The van der Waals surface area contributed by atoms with Gasteiger partial charge in [0, 0.05) is 13.1 Å². The number of hydrogen-bond donors (Lipinski definition) is 1. The second-order valence-electron chi connectivity index (χ2n) is 6.61. The van der Waals surface area contributed by atoms with Gasteiger partial charge >= 0.3 is 0 Å². The molecular weight excluding hydrogens is 336 g/mol. The Balaban J connectivity index is 0.00000225. The number of aromatic nitrogens is 2. The predicted octanol–water partition coefficient (Wildman–Crippen LogP) is 2.98. The van der Waals surface area contributed by atoms with Gasteiger partial charge < -0.3 is 10.2 Å². The van der Waals surface area contributed by atoms with Gasteiger partial charge in [0.1, 0.15) is 0 Å². The monoisotopic (exact) mass is 362 g/mol. The largest absolute Gasteiger partial charge is 0.338 e. The van der Waals surface area contributed by atoms with Gasteiger partial charge in [-0.3, -0.25) is 4.79 Å². The first-order valence-corrected chi connectivity index (χ1v) is 8.67. The first-order chi connectivity index (χ1) is 11.6. The summed E-state index contributed by atoms with van der Waals surface area (Å²) in [7, 11) is 1.97. The number of rotatable bonds is 4. The van der Waals surface area contributed by atoms with Crippen LogP contribution in [-0.2, 0) is 0 Å². The molecule has 1 N–H and O–H groups in total. The van der Waals surface area contributed by atoms with Crippen LogP contribution in [0.3, 0.4) is 0 Å². The lowest BCUT2D eigenvalue weighted by Crippen LogP contribution is -2.42. The van der Waals surface area contributed by atoms with E-state index in [0.29, 0.717) is 5.92 Å². The second kappa shape index (κ2) is 8.50. The van der Waals surface area contributed by atoms with Crippen LogP contribution in [0.25, 0.3) is 5.69 Å². The number of aryl methyl sites for hydroxylation is 1. The predicted molar refractivity (Wildman–Crippen MR) is 103 cm³/mol.